The molecule has 2 N–H and O–H groups in total. The van der Waals surface area contributed by atoms with Crippen molar-refractivity contribution in [1.29, 1.82) is 0 Å². The lowest BCUT2D eigenvalue weighted by molar-refractivity contribution is -0.0254. The second-order valence-corrected chi connectivity index (χ2v) is 9.74. The van der Waals surface area contributed by atoms with Crippen molar-refractivity contribution in [3.8, 4) is 11.5 Å². The highest BCUT2D eigenvalue weighted by Crippen LogP contribution is 2.39. The minimum atomic E-state index is -0.799. The number of pyridine rings is 1. The highest BCUT2D eigenvalue weighted by atomic mass is 35.5. The van der Waals surface area contributed by atoms with Crippen LogP contribution in [0.2, 0.25) is 5.02 Å². The van der Waals surface area contributed by atoms with Crippen molar-refractivity contribution in [2.45, 2.75) is 31.5 Å². The van der Waals surface area contributed by atoms with Gasteiger partial charge < -0.3 is 24.6 Å². The van der Waals surface area contributed by atoms with Crippen molar-refractivity contribution in [2.75, 3.05) is 32.8 Å². The van der Waals surface area contributed by atoms with Crippen LogP contribution >= 0.6 is 11.6 Å². The monoisotopic (exact) mass is 506 g/mol. The Morgan fingerprint density at radius 2 is 1.89 bits per heavy atom. The molecule has 5 rings (SSSR count). The van der Waals surface area contributed by atoms with Gasteiger partial charge in [-0.1, -0.05) is 35.9 Å². The SMILES string of the molecule is OCCOc1ccc2c(c1)/C(=C/CCN1CCC(O)(c3ccc(Cl)cc3)CC1)c1cccnc1CO2. The molecule has 7 heteroatoms. The van der Waals surface area contributed by atoms with Gasteiger partial charge in [-0.2, -0.15) is 0 Å². The number of rotatable bonds is 7. The summed E-state index contributed by atoms with van der Waals surface area (Å²) in [5, 5.41) is 21.0. The molecule has 0 bridgehead atoms. The van der Waals surface area contributed by atoms with E-state index in [1.54, 1.807) is 6.20 Å². The van der Waals surface area contributed by atoms with Crippen LogP contribution in [0.3, 0.4) is 0 Å². The lowest BCUT2D eigenvalue weighted by Crippen LogP contribution is -2.42. The maximum absolute atomic E-state index is 11.2. The third kappa shape index (κ3) is 5.42. The quantitative estimate of drug-likeness (QED) is 0.479. The van der Waals surface area contributed by atoms with Crippen LogP contribution in [-0.4, -0.2) is 52.9 Å². The Kier molecular flexibility index (Phi) is 7.58. The number of hydrogen-bond donors (Lipinski definition) is 2. The minimum absolute atomic E-state index is 0.0357. The molecule has 1 fully saturated rings. The summed E-state index contributed by atoms with van der Waals surface area (Å²) in [6.07, 6.45) is 6.29. The Hall–Kier alpha value is -2.90. The second-order valence-electron chi connectivity index (χ2n) is 9.30. The molecule has 2 aliphatic rings. The zero-order valence-corrected chi connectivity index (χ0v) is 21.0. The van der Waals surface area contributed by atoms with Gasteiger partial charge in [0.25, 0.3) is 0 Å². The van der Waals surface area contributed by atoms with Crippen molar-refractivity contribution < 1.29 is 19.7 Å². The van der Waals surface area contributed by atoms with E-state index < -0.39 is 5.60 Å². The van der Waals surface area contributed by atoms with Gasteiger partial charge >= 0.3 is 0 Å². The van der Waals surface area contributed by atoms with Gasteiger partial charge in [-0.05, 0) is 66.8 Å². The first-order chi connectivity index (χ1) is 17.6. The van der Waals surface area contributed by atoms with E-state index >= 15 is 0 Å². The molecule has 3 aromatic rings. The Morgan fingerprint density at radius 3 is 2.67 bits per heavy atom. The lowest BCUT2D eigenvalue weighted by Gasteiger charge is -2.38. The predicted molar refractivity (Wildman–Crippen MR) is 140 cm³/mol. The molecule has 0 amide bonds. The van der Waals surface area contributed by atoms with Gasteiger partial charge in [-0.15, -0.1) is 0 Å². The lowest BCUT2D eigenvalue weighted by atomic mass is 9.84. The van der Waals surface area contributed by atoms with Crippen molar-refractivity contribution in [3.63, 3.8) is 0 Å². The molecule has 0 saturated carbocycles. The van der Waals surface area contributed by atoms with E-state index in [9.17, 15) is 5.11 Å². The Bertz CT molecular complexity index is 1220. The van der Waals surface area contributed by atoms with E-state index in [1.165, 1.54) is 0 Å². The molecule has 1 saturated heterocycles. The largest absolute Gasteiger partial charge is 0.491 e. The summed E-state index contributed by atoms with van der Waals surface area (Å²) in [6.45, 7) is 3.18. The normalized spacial score (nSPS) is 18.1. The van der Waals surface area contributed by atoms with E-state index in [0.717, 1.165) is 59.8 Å². The van der Waals surface area contributed by atoms with Crippen LogP contribution in [-0.2, 0) is 12.2 Å². The summed E-state index contributed by atoms with van der Waals surface area (Å²) in [6, 6.07) is 17.3. The van der Waals surface area contributed by atoms with Crippen LogP contribution in [0.1, 0.15) is 41.6 Å². The van der Waals surface area contributed by atoms with Crippen LogP contribution in [0.15, 0.2) is 66.9 Å². The average molecular weight is 507 g/mol. The number of ether oxygens (including phenoxy) is 2. The average Bonchev–Trinajstić information content (AvgIpc) is 3.06. The van der Waals surface area contributed by atoms with Crippen LogP contribution in [0.5, 0.6) is 11.5 Å². The minimum Gasteiger partial charge on any atom is -0.491 e. The molecule has 2 aliphatic heterocycles. The van der Waals surface area contributed by atoms with Gasteiger partial charge in [-0.3, -0.25) is 4.98 Å². The number of aliphatic hydroxyl groups excluding tert-OH is 1. The summed E-state index contributed by atoms with van der Waals surface area (Å²) >= 11 is 6.02. The van der Waals surface area contributed by atoms with Crippen LogP contribution in [0, 0.1) is 0 Å². The fourth-order valence-corrected chi connectivity index (χ4v) is 5.12. The first-order valence-corrected chi connectivity index (χ1v) is 12.8. The molecule has 0 aliphatic carbocycles. The fourth-order valence-electron chi connectivity index (χ4n) is 4.99. The summed E-state index contributed by atoms with van der Waals surface area (Å²) < 4.78 is 11.8. The summed E-state index contributed by atoms with van der Waals surface area (Å²) in [5.41, 5.74) is 4.15. The summed E-state index contributed by atoms with van der Waals surface area (Å²) in [4.78, 5) is 6.96. The molecular weight excluding hydrogens is 476 g/mol. The molecule has 0 radical (unpaired) electrons. The number of aromatic nitrogens is 1. The first-order valence-electron chi connectivity index (χ1n) is 12.4. The second kappa shape index (κ2) is 11.0. The Balaban J connectivity index is 1.32. The highest BCUT2D eigenvalue weighted by molar-refractivity contribution is 6.30. The number of nitrogens with zero attached hydrogens (tertiary/aromatic N) is 2. The maximum Gasteiger partial charge on any atom is 0.131 e. The molecule has 1 aromatic heterocycles. The van der Waals surface area contributed by atoms with E-state index in [2.05, 4.69) is 22.0 Å². The van der Waals surface area contributed by atoms with E-state index in [4.69, 9.17) is 26.2 Å². The molecule has 0 atom stereocenters. The number of benzene rings is 2. The van der Waals surface area contributed by atoms with Crippen molar-refractivity contribution in [2.24, 2.45) is 0 Å². The molecule has 36 heavy (non-hydrogen) atoms. The van der Waals surface area contributed by atoms with Gasteiger partial charge in [0, 0.05) is 42.0 Å². The summed E-state index contributed by atoms with van der Waals surface area (Å²) in [5.74, 6) is 1.49. The van der Waals surface area contributed by atoms with Crippen LogP contribution in [0.25, 0.3) is 5.57 Å². The number of piperidine rings is 1. The number of likely N-dealkylation sites (tertiary alicyclic amines) is 1. The van der Waals surface area contributed by atoms with Gasteiger partial charge in [0.05, 0.1) is 17.9 Å². The van der Waals surface area contributed by atoms with Crippen molar-refractivity contribution in [3.05, 3.63) is 94.3 Å². The Morgan fingerprint density at radius 1 is 1.08 bits per heavy atom. The van der Waals surface area contributed by atoms with Crippen LogP contribution in [0.4, 0.5) is 0 Å². The third-order valence-electron chi connectivity index (χ3n) is 7.00. The molecule has 6 nitrogen and oxygen atoms in total. The number of fused-ring (bicyclic) bond motifs is 2. The third-order valence-corrected chi connectivity index (χ3v) is 7.26. The molecule has 0 unspecified atom stereocenters. The number of halogens is 1. The molecule has 3 heterocycles. The smallest absolute Gasteiger partial charge is 0.131 e. The predicted octanol–water partition coefficient (Wildman–Crippen LogP) is 4.80. The van der Waals surface area contributed by atoms with Crippen molar-refractivity contribution >= 4 is 17.2 Å². The fraction of sp³-hybridized carbons (Fsp3) is 0.345. The maximum atomic E-state index is 11.2. The number of hydrogen-bond acceptors (Lipinski definition) is 6. The topological polar surface area (TPSA) is 75.1 Å². The van der Waals surface area contributed by atoms with Gasteiger partial charge in [0.1, 0.15) is 24.7 Å². The zero-order valence-electron chi connectivity index (χ0n) is 20.2. The molecule has 2 aromatic carbocycles. The molecule has 0 spiro atoms. The van der Waals surface area contributed by atoms with Crippen molar-refractivity contribution in [1.82, 2.24) is 9.88 Å². The van der Waals surface area contributed by atoms with Gasteiger partial charge in [-0.25, -0.2) is 0 Å². The van der Waals surface area contributed by atoms with E-state index in [1.807, 2.05) is 48.5 Å². The van der Waals surface area contributed by atoms with Gasteiger partial charge in [0.15, 0.2) is 0 Å². The molecule has 188 valence electrons. The van der Waals surface area contributed by atoms with E-state index in [0.29, 0.717) is 30.2 Å². The Labute approximate surface area is 216 Å². The number of aliphatic hydroxyl groups is 2. The first kappa shape index (κ1) is 24.8. The highest BCUT2D eigenvalue weighted by Gasteiger charge is 2.33. The van der Waals surface area contributed by atoms with Crippen LogP contribution < -0.4 is 9.47 Å². The molecular formula is C29H31ClN2O4. The van der Waals surface area contributed by atoms with E-state index in [-0.39, 0.29) is 13.2 Å². The summed E-state index contributed by atoms with van der Waals surface area (Å²) in [7, 11) is 0. The standard InChI is InChI=1S/C29H31ClN2O4/c30-22-7-5-21(6-8-22)29(34)11-15-32(16-12-29)14-2-4-24-25-3-1-13-31-27(25)20-36-28-10-9-23(19-26(24)28)35-18-17-33/h1,3-10,13,19,33-34H,2,11-12,14-18,20H2/b24-4+. The van der Waals surface area contributed by atoms with Gasteiger partial charge in [0.2, 0.25) is 0 Å². The zero-order chi connectivity index (χ0) is 25.0.